The van der Waals surface area contributed by atoms with Gasteiger partial charge >= 0.3 is 0 Å². The number of anilines is 1. The van der Waals surface area contributed by atoms with Crippen molar-refractivity contribution in [3.05, 3.63) is 28.5 Å². The molecule has 4 heteroatoms. The van der Waals surface area contributed by atoms with Crippen molar-refractivity contribution in [1.82, 2.24) is 0 Å². The molecular formula is C12H15BrFNO. The summed E-state index contributed by atoms with van der Waals surface area (Å²) in [5.74, 6) is -0.274. The zero-order valence-electron chi connectivity index (χ0n) is 8.97. The molecule has 1 aliphatic carbocycles. The Hall–Kier alpha value is -0.610. The third kappa shape index (κ3) is 2.74. The zero-order valence-corrected chi connectivity index (χ0v) is 10.6. The van der Waals surface area contributed by atoms with E-state index >= 15 is 0 Å². The second-order valence-corrected chi connectivity index (χ2v) is 5.26. The molecule has 1 aromatic carbocycles. The summed E-state index contributed by atoms with van der Waals surface area (Å²) in [6.45, 7) is 0.481. The van der Waals surface area contributed by atoms with Gasteiger partial charge in [-0.15, -0.1) is 0 Å². The summed E-state index contributed by atoms with van der Waals surface area (Å²) in [5, 5.41) is 13.2. The lowest BCUT2D eigenvalue weighted by molar-refractivity contribution is 0.0614. The van der Waals surface area contributed by atoms with E-state index in [1.165, 1.54) is 12.1 Å². The van der Waals surface area contributed by atoms with Crippen molar-refractivity contribution in [2.24, 2.45) is 0 Å². The standard InChI is InChI=1S/C12H15BrFNO/c13-10-4-3-9(14)7-11(10)15-8-12(16)5-1-2-6-12/h3-4,7,15-16H,1-2,5-6,8H2. The number of rotatable bonds is 3. The van der Waals surface area contributed by atoms with Gasteiger partial charge in [0.15, 0.2) is 0 Å². The van der Waals surface area contributed by atoms with E-state index in [0.717, 1.165) is 30.2 Å². The van der Waals surface area contributed by atoms with Crippen molar-refractivity contribution in [2.45, 2.75) is 31.3 Å². The van der Waals surface area contributed by atoms with Crippen LogP contribution < -0.4 is 5.32 Å². The van der Waals surface area contributed by atoms with Crippen LogP contribution in [0.5, 0.6) is 0 Å². The third-order valence-corrected chi connectivity index (χ3v) is 3.76. The minimum Gasteiger partial charge on any atom is -0.388 e. The van der Waals surface area contributed by atoms with Crippen LogP contribution in [0.15, 0.2) is 22.7 Å². The highest BCUT2D eigenvalue weighted by atomic mass is 79.9. The number of benzene rings is 1. The average molecular weight is 288 g/mol. The van der Waals surface area contributed by atoms with Crippen LogP contribution in [-0.4, -0.2) is 17.3 Å². The molecule has 0 aromatic heterocycles. The van der Waals surface area contributed by atoms with E-state index in [-0.39, 0.29) is 5.82 Å². The lowest BCUT2D eigenvalue weighted by atomic mass is 10.0. The van der Waals surface area contributed by atoms with E-state index in [9.17, 15) is 9.50 Å². The van der Waals surface area contributed by atoms with Crippen LogP contribution in [0.4, 0.5) is 10.1 Å². The van der Waals surface area contributed by atoms with Crippen molar-refractivity contribution in [3.63, 3.8) is 0 Å². The summed E-state index contributed by atoms with van der Waals surface area (Å²) in [6.07, 6.45) is 3.80. The third-order valence-electron chi connectivity index (χ3n) is 3.07. The lowest BCUT2D eigenvalue weighted by Gasteiger charge is -2.23. The predicted octanol–water partition coefficient (Wildman–Crippen LogP) is 3.31. The van der Waals surface area contributed by atoms with Crippen molar-refractivity contribution in [2.75, 3.05) is 11.9 Å². The van der Waals surface area contributed by atoms with Gasteiger partial charge in [-0.2, -0.15) is 0 Å². The highest BCUT2D eigenvalue weighted by Crippen LogP contribution is 2.31. The van der Waals surface area contributed by atoms with Crippen LogP contribution >= 0.6 is 15.9 Å². The molecule has 16 heavy (non-hydrogen) atoms. The molecule has 0 amide bonds. The fraction of sp³-hybridized carbons (Fsp3) is 0.500. The number of halogens is 2. The molecule has 1 saturated carbocycles. The van der Waals surface area contributed by atoms with Crippen molar-refractivity contribution >= 4 is 21.6 Å². The zero-order chi connectivity index (χ0) is 11.6. The molecular weight excluding hydrogens is 273 g/mol. The maximum absolute atomic E-state index is 13.0. The highest BCUT2D eigenvalue weighted by molar-refractivity contribution is 9.10. The van der Waals surface area contributed by atoms with Gasteiger partial charge in [0.05, 0.1) is 11.3 Å². The summed E-state index contributed by atoms with van der Waals surface area (Å²) in [6, 6.07) is 4.50. The van der Waals surface area contributed by atoms with E-state index < -0.39 is 5.60 Å². The molecule has 1 fully saturated rings. The molecule has 0 spiro atoms. The summed E-state index contributed by atoms with van der Waals surface area (Å²) < 4.78 is 13.8. The summed E-state index contributed by atoms with van der Waals surface area (Å²) in [5.41, 5.74) is 0.0755. The van der Waals surface area contributed by atoms with Gasteiger partial charge in [0, 0.05) is 11.0 Å². The molecule has 2 nitrogen and oxygen atoms in total. The van der Waals surface area contributed by atoms with E-state index in [0.29, 0.717) is 12.2 Å². The van der Waals surface area contributed by atoms with Gasteiger partial charge in [0.1, 0.15) is 5.82 Å². The molecule has 0 radical (unpaired) electrons. The Balaban J connectivity index is 2.01. The smallest absolute Gasteiger partial charge is 0.125 e. The maximum Gasteiger partial charge on any atom is 0.125 e. The van der Waals surface area contributed by atoms with Crippen LogP contribution in [0, 0.1) is 5.82 Å². The second kappa shape index (κ2) is 4.72. The van der Waals surface area contributed by atoms with Gasteiger partial charge in [-0.3, -0.25) is 0 Å². The molecule has 88 valence electrons. The highest BCUT2D eigenvalue weighted by Gasteiger charge is 2.30. The summed E-state index contributed by atoms with van der Waals surface area (Å²) in [4.78, 5) is 0. The Kier molecular flexibility index (Phi) is 3.50. The maximum atomic E-state index is 13.0. The van der Waals surface area contributed by atoms with Gasteiger partial charge < -0.3 is 10.4 Å². The quantitative estimate of drug-likeness (QED) is 0.894. The molecule has 0 aliphatic heterocycles. The molecule has 0 atom stereocenters. The first-order chi connectivity index (χ1) is 7.59. The summed E-state index contributed by atoms with van der Waals surface area (Å²) >= 11 is 3.35. The minimum atomic E-state index is -0.619. The molecule has 1 aromatic rings. The van der Waals surface area contributed by atoms with Crippen molar-refractivity contribution < 1.29 is 9.50 Å². The Morgan fingerprint density at radius 2 is 2.06 bits per heavy atom. The Bertz CT molecular complexity index is 377. The first-order valence-electron chi connectivity index (χ1n) is 5.50. The number of nitrogens with one attached hydrogen (secondary N) is 1. The second-order valence-electron chi connectivity index (χ2n) is 4.41. The SMILES string of the molecule is OC1(CNc2cc(F)ccc2Br)CCCC1. The fourth-order valence-electron chi connectivity index (χ4n) is 2.10. The lowest BCUT2D eigenvalue weighted by Crippen LogP contribution is -2.33. The van der Waals surface area contributed by atoms with Crippen molar-refractivity contribution in [1.29, 1.82) is 0 Å². The van der Waals surface area contributed by atoms with E-state index in [1.807, 2.05) is 0 Å². The first kappa shape index (κ1) is 11.9. The van der Waals surface area contributed by atoms with Gasteiger partial charge in [0.25, 0.3) is 0 Å². The van der Waals surface area contributed by atoms with Gasteiger partial charge in [0.2, 0.25) is 0 Å². The van der Waals surface area contributed by atoms with E-state index in [2.05, 4.69) is 21.2 Å². The van der Waals surface area contributed by atoms with Crippen LogP contribution in [0.25, 0.3) is 0 Å². The number of hydrogen-bond acceptors (Lipinski definition) is 2. The monoisotopic (exact) mass is 287 g/mol. The Morgan fingerprint density at radius 3 is 2.75 bits per heavy atom. The summed E-state index contributed by atoms with van der Waals surface area (Å²) in [7, 11) is 0. The fourth-order valence-corrected chi connectivity index (χ4v) is 2.49. The largest absolute Gasteiger partial charge is 0.388 e. The Labute approximate surface area is 103 Å². The van der Waals surface area contributed by atoms with Crippen LogP contribution in [0.3, 0.4) is 0 Å². The normalized spacial score (nSPS) is 18.7. The van der Waals surface area contributed by atoms with Crippen LogP contribution in [-0.2, 0) is 0 Å². The predicted molar refractivity (Wildman–Crippen MR) is 66.0 cm³/mol. The average Bonchev–Trinajstić information content (AvgIpc) is 2.67. The molecule has 0 saturated heterocycles. The topological polar surface area (TPSA) is 32.3 Å². The number of hydrogen-bond donors (Lipinski definition) is 2. The minimum absolute atomic E-state index is 0.274. The molecule has 1 aliphatic rings. The van der Waals surface area contributed by atoms with Crippen molar-refractivity contribution in [3.8, 4) is 0 Å². The van der Waals surface area contributed by atoms with Gasteiger partial charge in [-0.1, -0.05) is 12.8 Å². The molecule has 0 unspecified atom stereocenters. The molecule has 0 heterocycles. The van der Waals surface area contributed by atoms with Gasteiger partial charge in [-0.25, -0.2) is 4.39 Å². The van der Waals surface area contributed by atoms with Crippen LogP contribution in [0.1, 0.15) is 25.7 Å². The van der Waals surface area contributed by atoms with Gasteiger partial charge in [-0.05, 0) is 47.0 Å². The Morgan fingerprint density at radius 1 is 1.38 bits per heavy atom. The molecule has 2 N–H and O–H groups in total. The molecule has 2 rings (SSSR count). The van der Waals surface area contributed by atoms with E-state index in [4.69, 9.17) is 0 Å². The number of aliphatic hydroxyl groups is 1. The van der Waals surface area contributed by atoms with Crippen LogP contribution in [0.2, 0.25) is 0 Å². The van der Waals surface area contributed by atoms with E-state index in [1.54, 1.807) is 6.07 Å². The molecule has 0 bridgehead atoms. The first-order valence-corrected chi connectivity index (χ1v) is 6.30.